The Morgan fingerprint density at radius 3 is 1.50 bits per heavy atom. The van der Waals surface area contributed by atoms with Gasteiger partial charge in [-0.15, -0.1) is 0 Å². The van der Waals surface area contributed by atoms with Crippen LogP contribution in [-0.4, -0.2) is 37.1 Å². The summed E-state index contributed by atoms with van der Waals surface area (Å²) in [4.78, 5) is 52.2. The molecule has 2 aliphatic carbocycles. The summed E-state index contributed by atoms with van der Waals surface area (Å²) in [6.07, 6.45) is 5.90. The van der Waals surface area contributed by atoms with Gasteiger partial charge in [0.2, 0.25) is 0 Å². The van der Waals surface area contributed by atoms with E-state index in [1.807, 2.05) is 13.8 Å². The van der Waals surface area contributed by atoms with Gasteiger partial charge in [0.05, 0.1) is 41.7 Å². The first-order chi connectivity index (χ1) is 20.9. The highest BCUT2D eigenvalue weighted by molar-refractivity contribution is 6.31. The zero-order valence-electron chi connectivity index (χ0n) is 25.3. The maximum atomic E-state index is 13.1. The summed E-state index contributed by atoms with van der Waals surface area (Å²) in [5, 5.41) is 0. The smallest absolute Gasteiger partial charge is 0.423 e. The normalized spacial score (nSPS) is 15.6. The van der Waals surface area contributed by atoms with E-state index in [4.69, 9.17) is 47.6 Å². The van der Waals surface area contributed by atoms with Crippen molar-refractivity contribution in [1.29, 1.82) is 0 Å². The molecule has 238 valence electrons. The third-order valence-corrected chi connectivity index (χ3v) is 8.38. The van der Waals surface area contributed by atoms with Gasteiger partial charge in [-0.05, 0) is 86.8 Å². The second kappa shape index (κ2) is 13.3. The average molecular weight is 612 g/mol. The van der Waals surface area contributed by atoms with E-state index in [9.17, 15) is 19.2 Å². The number of ether oxygens (including phenoxy) is 4. The van der Waals surface area contributed by atoms with Crippen LogP contribution >= 0.6 is 0 Å². The number of benzene rings is 2. The molecule has 2 unspecified atom stereocenters. The molecule has 4 rings (SSSR count). The van der Waals surface area contributed by atoms with Crippen molar-refractivity contribution >= 4 is 52.3 Å². The molecule has 2 aromatic carbocycles. The molecule has 0 spiro atoms. The molecule has 0 aromatic heterocycles. The number of carbonyl (C=O) groups is 4. The summed E-state index contributed by atoms with van der Waals surface area (Å²) in [5.41, 5.74) is 29.3. The number of nitrogens with two attached hydrogens (primary N) is 5. The standard InChI is InChI=1S/C31H41N5O8/c1-4-15(17-6-7-17)12-41-28(37)22-24(35)14(3)10-20(33)26(22)43-30(39)31(40)44-27-21(34)11-19(32)25(36)23(27)29(38)42-13-16(5-2)18-8-9-18/h10-11,15-18H,4-9,12-13,32-36H2,1-3H3. The summed E-state index contributed by atoms with van der Waals surface area (Å²) >= 11 is 0. The Hall–Kier alpha value is -4.68. The van der Waals surface area contributed by atoms with Crippen LogP contribution in [0.4, 0.5) is 28.4 Å². The van der Waals surface area contributed by atoms with Crippen molar-refractivity contribution in [2.75, 3.05) is 41.9 Å². The largest absolute Gasteiger partial charge is 0.462 e. The van der Waals surface area contributed by atoms with E-state index < -0.39 is 40.9 Å². The molecule has 2 fully saturated rings. The second-order valence-electron chi connectivity index (χ2n) is 11.6. The maximum Gasteiger partial charge on any atom is 0.423 e. The van der Waals surface area contributed by atoms with Crippen molar-refractivity contribution in [3.63, 3.8) is 0 Å². The summed E-state index contributed by atoms with van der Waals surface area (Å²) in [6, 6.07) is 2.56. The predicted octanol–water partition coefficient (Wildman–Crippen LogP) is 3.60. The van der Waals surface area contributed by atoms with E-state index in [0.717, 1.165) is 38.5 Å². The molecule has 0 bridgehead atoms. The van der Waals surface area contributed by atoms with E-state index >= 15 is 0 Å². The molecule has 2 saturated carbocycles. The Labute approximate surface area is 255 Å². The first kappa shape index (κ1) is 32.2. The number of esters is 4. The van der Waals surface area contributed by atoms with Crippen LogP contribution in [0.3, 0.4) is 0 Å². The van der Waals surface area contributed by atoms with Crippen LogP contribution in [0.25, 0.3) is 0 Å². The third-order valence-electron chi connectivity index (χ3n) is 8.38. The van der Waals surface area contributed by atoms with Crippen molar-refractivity contribution in [3.8, 4) is 11.5 Å². The van der Waals surface area contributed by atoms with Crippen molar-refractivity contribution < 1.29 is 38.1 Å². The number of rotatable bonds is 12. The van der Waals surface area contributed by atoms with Crippen LogP contribution in [0, 0.1) is 30.6 Å². The molecule has 13 nitrogen and oxygen atoms in total. The van der Waals surface area contributed by atoms with E-state index in [-0.39, 0.29) is 59.0 Å². The highest BCUT2D eigenvalue weighted by Gasteiger charge is 2.35. The van der Waals surface area contributed by atoms with E-state index in [1.165, 1.54) is 12.1 Å². The van der Waals surface area contributed by atoms with Crippen LogP contribution < -0.4 is 38.1 Å². The molecule has 2 aliphatic rings. The van der Waals surface area contributed by atoms with Crippen LogP contribution in [0.15, 0.2) is 12.1 Å². The van der Waals surface area contributed by atoms with E-state index in [2.05, 4.69) is 0 Å². The Morgan fingerprint density at radius 2 is 1.09 bits per heavy atom. The minimum Gasteiger partial charge on any atom is -0.462 e. The number of aryl methyl sites for hydroxylation is 1. The molecule has 13 heteroatoms. The first-order valence-electron chi connectivity index (χ1n) is 14.8. The third kappa shape index (κ3) is 7.09. The molecule has 44 heavy (non-hydrogen) atoms. The fourth-order valence-corrected chi connectivity index (χ4v) is 5.28. The lowest BCUT2D eigenvalue weighted by Gasteiger charge is -2.19. The number of nitrogen functional groups attached to an aromatic ring is 5. The predicted molar refractivity (Wildman–Crippen MR) is 165 cm³/mol. The van der Waals surface area contributed by atoms with Crippen LogP contribution in [0.5, 0.6) is 11.5 Å². The minimum absolute atomic E-state index is 0.0306. The molecule has 2 aromatic rings. The van der Waals surface area contributed by atoms with Crippen molar-refractivity contribution in [2.24, 2.45) is 23.7 Å². The van der Waals surface area contributed by atoms with Crippen molar-refractivity contribution in [3.05, 3.63) is 28.8 Å². The molecule has 0 aliphatic heterocycles. The molecule has 0 amide bonds. The van der Waals surface area contributed by atoms with Crippen LogP contribution in [0.2, 0.25) is 0 Å². The van der Waals surface area contributed by atoms with Crippen LogP contribution in [0.1, 0.15) is 78.7 Å². The Bertz CT molecular complexity index is 1360. The van der Waals surface area contributed by atoms with Gasteiger partial charge >= 0.3 is 23.9 Å². The van der Waals surface area contributed by atoms with Gasteiger partial charge in [-0.1, -0.05) is 13.8 Å². The lowest BCUT2D eigenvalue weighted by Crippen LogP contribution is -2.28. The lowest BCUT2D eigenvalue weighted by molar-refractivity contribution is -0.156. The number of hydrogen-bond donors (Lipinski definition) is 5. The average Bonchev–Trinajstić information content (AvgIpc) is 3.90. The molecule has 2 atom stereocenters. The highest BCUT2D eigenvalue weighted by atomic mass is 16.6. The molecule has 10 N–H and O–H groups in total. The van der Waals surface area contributed by atoms with Gasteiger partial charge in [-0.2, -0.15) is 0 Å². The van der Waals surface area contributed by atoms with Gasteiger partial charge < -0.3 is 47.6 Å². The summed E-state index contributed by atoms with van der Waals surface area (Å²) in [6.45, 7) is 5.90. The van der Waals surface area contributed by atoms with Crippen molar-refractivity contribution in [1.82, 2.24) is 0 Å². The second-order valence-corrected chi connectivity index (χ2v) is 11.6. The van der Waals surface area contributed by atoms with Gasteiger partial charge in [-0.3, -0.25) is 0 Å². The number of carbonyl (C=O) groups excluding carboxylic acids is 4. The summed E-state index contributed by atoms with van der Waals surface area (Å²) in [5.74, 6) is -4.62. The van der Waals surface area contributed by atoms with Gasteiger partial charge in [0.1, 0.15) is 11.1 Å². The van der Waals surface area contributed by atoms with Gasteiger partial charge in [0.15, 0.2) is 11.5 Å². The van der Waals surface area contributed by atoms with Crippen LogP contribution in [-0.2, 0) is 19.1 Å². The van der Waals surface area contributed by atoms with Crippen molar-refractivity contribution in [2.45, 2.75) is 59.3 Å². The topological polar surface area (TPSA) is 235 Å². The van der Waals surface area contributed by atoms with Gasteiger partial charge in [-0.25, -0.2) is 19.2 Å². The quantitative estimate of drug-likeness (QED) is 0.0999. The van der Waals surface area contributed by atoms with E-state index in [1.54, 1.807) is 6.92 Å². The molecule has 0 heterocycles. The number of anilines is 5. The zero-order chi connectivity index (χ0) is 32.3. The maximum absolute atomic E-state index is 13.1. The molecular formula is C31H41N5O8. The number of hydrogen-bond acceptors (Lipinski definition) is 13. The molecular weight excluding hydrogens is 570 g/mol. The lowest BCUT2D eigenvalue weighted by atomic mass is 10.0. The monoisotopic (exact) mass is 611 g/mol. The summed E-state index contributed by atoms with van der Waals surface area (Å²) < 4.78 is 21.5. The SMILES string of the molecule is CCC(COC(=O)c1c(N)c(C)cc(N)c1OC(=O)C(=O)Oc1c(N)cc(N)c(N)c1C(=O)OCC(CC)C1CC1)C1CC1. The highest BCUT2D eigenvalue weighted by Crippen LogP contribution is 2.41. The van der Waals surface area contributed by atoms with E-state index in [0.29, 0.717) is 17.4 Å². The first-order valence-corrected chi connectivity index (χ1v) is 14.8. The molecule has 0 radical (unpaired) electrons. The minimum atomic E-state index is -1.59. The zero-order valence-corrected chi connectivity index (χ0v) is 25.3. The summed E-state index contributed by atoms with van der Waals surface area (Å²) in [7, 11) is 0. The fraction of sp³-hybridized carbons (Fsp3) is 0.484. The van der Waals surface area contributed by atoms with Gasteiger partial charge in [0.25, 0.3) is 0 Å². The fourth-order valence-electron chi connectivity index (χ4n) is 5.28. The van der Waals surface area contributed by atoms with Gasteiger partial charge in [0, 0.05) is 0 Å². The molecule has 0 saturated heterocycles. The Morgan fingerprint density at radius 1 is 0.682 bits per heavy atom. The Kier molecular flexibility index (Phi) is 9.75. The Balaban J connectivity index is 1.54.